The third kappa shape index (κ3) is 4.36. The summed E-state index contributed by atoms with van der Waals surface area (Å²) in [5.74, 6) is 0.414. The molecule has 1 aliphatic rings. The molecule has 0 aliphatic heterocycles. The van der Waals surface area contributed by atoms with Crippen LogP contribution in [0.25, 0.3) is 17.1 Å². The fourth-order valence-electron chi connectivity index (χ4n) is 4.00. The van der Waals surface area contributed by atoms with Crippen molar-refractivity contribution < 1.29 is 4.79 Å². The number of amides is 1. The Morgan fingerprint density at radius 3 is 2.47 bits per heavy atom. The van der Waals surface area contributed by atoms with Crippen LogP contribution in [0.5, 0.6) is 0 Å². The first-order valence-corrected chi connectivity index (χ1v) is 11.2. The molecule has 0 spiro atoms. The smallest absolute Gasteiger partial charge is 0.272 e. The SMILES string of the molecule is Cc1c(C(=O)NC2CCCCC2)nc(-c2ccc(Cl)cc2Cl)n1-c1cccc(Cl)c1. The van der Waals surface area contributed by atoms with Gasteiger partial charge in [0.05, 0.1) is 10.7 Å². The molecule has 1 aromatic heterocycles. The van der Waals surface area contributed by atoms with E-state index < -0.39 is 0 Å². The van der Waals surface area contributed by atoms with E-state index in [2.05, 4.69) is 5.32 Å². The van der Waals surface area contributed by atoms with Crippen LogP contribution in [0, 0.1) is 6.92 Å². The minimum atomic E-state index is -0.161. The van der Waals surface area contributed by atoms with E-state index in [9.17, 15) is 4.79 Å². The normalized spacial score (nSPS) is 14.7. The molecule has 1 aliphatic carbocycles. The molecule has 0 radical (unpaired) electrons. The standard InChI is InChI=1S/C23H22Cl3N3O/c1-14-21(23(30)27-17-7-3-2-4-8-17)28-22(19-11-10-16(25)13-20(19)26)29(14)18-9-5-6-15(24)12-18/h5-6,9-13,17H,2-4,7-8H2,1H3,(H,27,30). The van der Waals surface area contributed by atoms with Crippen LogP contribution < -0.4 is 5.32 Å². The summed E-state index contributed by atoms with van der Waals surface area (Å²) in [6.45, 7) is 1.89. The molecule has 2 aromatic carbocycles. The van der Waals surface area contributed by atoms with Gasteiger partial charge in [-0.1, -0.05) is 60.1 Å². The maximum Gasteiger partial charge on any atom is 0.272 e. The van der Waals surface area contributed by atoms with Gasteiger partial charge in [0, 0.05) is 27.3 Å². The van der Waals surface area contributed by atoms with Crippen molar-refractivity contribution in [2.75, 3.05) is 0 Å². The van der Waals surface area contributed by atoms with Crippen molar-refractivity contribution in [1.29, 1.82) is 0 Å². The number of carbonyl (C=O) groups excluding carboxylic acids is 1. The predicted molar refractivity (Wildman–Crippen MR) is 123 cm³/mol. The van der Waals surface area contributed by atoms with E-state index in [1.165, 1.54) is 6.42 Å². The summed E-state index contributed by atoms with van der Waals surface area (Å²) in [4.78, 5) is 17.8. The van der Waals surface area contributed by atoms with Crippen LogP contribution in [0.1, 0.15) is 48.3 Å². The zero-order chi connectivity index (χ0) is 21.3. The third-order valence-electron chi connectivity index (χ3n) is 5.50. The largest absolute Gasteiger partial charge is 0.348 e. The Labute approximate surface area is 191 Å². The lowest BCUT2D eigenvalue weighted by molar-refractivity contribution is 0.0922. The van der Waals surface area contributed by atoms with Crippen molar-refractivity contribution in [2.24, 2.45) is 0 Å². The molecule has 1 heterocycles. The lowest BCUT2D eigenvalue weighted by Crippen LogP contribution is -2.36. The second kappa shape index (κ2) is 9.01. The molecular formula is C23H22Cl3N3O. The van der Waals surface area contributed by atoms with Crippen molar-refractivity contribution >= 4 is 40.7 Å². The first-order chi connectivity index (χ1) is 14.4. The average Bonchev–Trinajstić information content (AvgIpc) is 3.06. The molecule has 0 atom stereocenters. The maximum atomic E-state index is 13.1. The highest BCUT2D eigenvalue weighted by Crippen LogP contribution is 2.33. The van der Waals surface area contributed by atoms with Gasteiger partial charge in [-0.15, -0.1) is 0 Å². The lowest BCUT2D eigenvalue weighted by Gasteiger charge is -2.22. The number of aromatic nitrogens is 2. The van der Waals surface area contributed by atoms with E-state index in [-0.39, 0.29) is 11.9 Å². The summed E-state index contributed by atoms with van der Waals surface area (Å²) in [6, 6.07) is 12.9. The molecule has 0 saturated heterocycles. The molecule has 156 valence electrons. The summed E-state index contributed by atoms with van der Waals surface area (Å²) in [5.41, 5.74) is 2.62. The average molecular weight is 463 g/mol. The Kier molecular flexibility index (Phi) is 6.37. The highest BCUT2D eigenvalue weighted by atomic mass is 35.5. The van der Waals surface area contributed by atoms with E-state index in [1.54, 1.807) is 12.1 Å². The molecule has 1 saturated carbocycles. The van der Waals surface area contributed by atoms with Gasteiger partial charge in [-0.25, -0.2) is 4.98 Å². The highest BCUT2D eigenvalue weighted by Gasteiger charge is 2.25. The monoisotopic (exact) mass is 461 g/mol. The minimum absolute atomic E-state index is 0.161. The van der Waals surface area contributed by atoms with E-state index in [1.807, 2.05) is 41.8 Å². The number of rotatable bonds is 4. The summed E-state index contributed by atoms with van der Waals surface area (Å²) in [6.07, 6.45) is 5.54. The van der Waals surface area contributed by atoms with E-state index in [0.717, 1.165) is 37.1 Å². The van der Waals surface area contributed by atoms with Gasteiger partial charge in [-0.3, -0.25) is 9.36 Å². The van der Waals surface area contributed by atoms with Gasteiger partial charge in [-0.2, -0.15) is 0 Å². The molecule has 0 bridgehead atoms. The van der Waals surface area contributed by atoms with Crippen LogP contribution in [0.3, 0.4) is 0 Å². The molecule has 4 nitrogen and oxygen atoms in total. The number of hydrogen-bond donors (Lipinski definition) is 1. The Hall–Kier alpha value is -2.01. The molecule has 4 rings (SSSR count). The van der Waals surface area contributed by atoms with Gasteiger partial charge in [0.1, 0.15) is 11.5 Å². The zero-order valence-electron chi connectivity index (χ0n) is 16.6. The summed E-state index contributed by atoms with van der Waals surface area (Å²) in [7, 11) is 0. The van der Waals surface area contributed by atoms with Crippen molar-refractivity contribution in [1.82, 2.24) is 14.9 Å². The summed E-state index contributed by atoms with van der Waals surface area (Å²) < 4.78 is 1.91. The number of carbonyl (C=O) groups is 1. The maximum absolute atomic E-state index is 13.1. The van der Waals surface area contributed by atoms with Gasteiger partial charge in [-0.05, 0) is 56.2 Å². The van der Waals surface area contributed by atoms with Gasteiger partial charge >= 0.3 is 0 Å². The van der Waals surface area contributed by atoms with Gasteiger partial charge in [0.15, 0.2) is 0 Å². The highest BCUT2D eigenvalue weighted by molar-refractivity contribution is 6.36. The fourth-order valence-corrected chi connectivity index (χ4v) is 4.68. The second-order valence-corrected chi connectivity index (χ2v) is 8.90. The Balaban J connectivity index is 1.81. The molecule has 0 unspecified atom stereocenters. The lowest BCUT2D eigenvalue weighted by atomic mass is 9.95. The van der Waals surface area contributed by atoms with Gasteiger partial charge in [0.25, 0.3) is 5.91 Å². The summed E-state index contributed by atoms with van der Waals surface area (Å²) in [5, 5.41) is 4.76. The molecule has 1 N–H and O–H groups in total. The zero-order valence-corrected chi connectivity index (χ0v) is 18.9. The topological polar surface area (TPSA) is 46.9 Å². The van der Waals surface area contributed by atoms with Crippen LogP contribution >= 0.6 is 34.8 Å². The molecule has 1 fully saturated rings. The minimum Gasteiger partial charge on any atom is -0.348 e. The Morgan fingerprint density at radius 2 is 1.77 bits per heavy atom. The van der Waals surface area contributed by atoms with E-state index in [4.69, 9.17) is 39.8 Å². The van der Waals surface area contributed by atoms with Crippen LogP contribution in [0.15, 0.2) is 42.5 Å². The fraction of sp³-hybridized carbons (Fsp3) is 0.304. The molecule has 30 heavy (non-hydrogen) atoms. The van der Waals surface area contributed by atoms with Crippen LogP contribution in [0.4, 0.5) is 0 Å². The number of benzene rings is 2. The van der Waals surface area contributed by atoms with Crippen LogP contribution in [-0.2, 0) is 0 Å². The number of hydrogen-bond acceptors (Lipinski definition) is 2. The van der Waals surface area contributed by atoms with Crippen LogP contribution in [0.2, 0.25) is 15.1 Å². The van der Waals surface area contributed by atoms with E-state index >= 15 is 0 Å². The van der Waals surface area contributed by atoms with Gasteiger partial charge in [0.2, 0.25) is 0 Å². The molecule has 7 heteroatoms. The number of halogens is 3. The van der Waals surface area contributed by atoms with Crippen molar-refractivity contribution in [3.8, 4) is 17.1 Å². The second-order valence-electron chi connectivity index (χ2n) is 7.62. The number of imidazole rings is 1. The number of nitrogens with zero attached hydrogens (tertiary/aromatic N) is 2. The summed E-state index contributed by atoms with van der Waals surface area (Å²) >= 11 is 18.8. The molecule has 1 amide bonds. The van der Waals surface area contributed by atoms with E-state index in [0.29, 0.717) is 32.1 Å². The third-order valence-corrected chi connectivity index (χ3v) is 6.28. The number of nitrogens with one attached hydrogen (secondary N) is 1. The first-order valence-electron chi connectivity index (χ1n) is 10.1. The molecule has 3 aromatic rings. The molecular weight excluding hydrogens is 441 g/mol. The van der Waals surface area contributed by atoms with Crippen molar-refractivity contribution in [3.05, 3.63) is 68.9 Å². The van der Waals surface area contributed by atoms with Gasteiger partial charge < -0.3 is 5.32 Å². The van der Waals surface area contributed by atoms with Crippen molar-refractivity contribution in [3.63, 3.8) is 0 Å². The van der Waals surface area contributed by atoms with Crippen LogP contribution in [-0.4, -0.2) is 21.5 Å². The quantitative estimate of drug-likeness (QED) is 0.460. The Bertz CT molecular complexity index is 1090. The Morgan fingerprint density at radius 1 is 1.03 bits per heavy atom. The van der Waals surface area contributed by atoms with Crippen molar-refractivity contribution in [2.45, 2.75) is 45.1 Å². The first kappa shape index (κ1) is 21.2. The predicted octanol–water partition coefficient (Wildman–Crippen LogP) is 6.87.